The average molecular weight is 460 g/mol. The van der Waals surface area contributed by atoms with E-state index in [2.05, 4.69) is 27.6 Å². The molecule has 0 bridgehead atoms. The minimum atomic E-state index is -1.08. The number of hydrogen-bond donors (Lipinski definition) is 3. The number of carbonyl (C=O) groups excluding carboxylic acids is 2. The third-order valence-electron chi connectivity index (χ3n) is 6.17. The van der Waals surface area contributed by atoms with Gasteiger partial charge in [0.2, 0.25) is 0 Å². The lowest BCUT2D eigenvalue weighted by atomic mass is 9.98. The van der Waals surface area contributed by atoms with Crippen molar-refractivity contribution >= 4 is 23.8 Å². The first-order valence-corrected chi connectivity index (χ1v) is 11.2. The first-order chi connectivity index (χ1) is 16.5. The van der Waals surface area contributed by atoms with Crippen molar-refractivity contribution in [2.75, 3.05) is 25.0 Å². The molecule has 174 valence electrons. The lowest BCUT2D eigenvalue weighted by molar-refractivity contribution is -0.137. The van der Waals surface area contributed by atoms with Gasteiger partial charge in [-0.1, -0.05) is 48.5 Å². The first-order valence-electron chi connectivity index (χ1n) is 11.2. The topological polar surface area (TPSA) is 125 Å². The molecule has 0 unspecified atom stereocenters. The number of aromatic amines is 1. The molecule has 34 heavy (non-hydrogen) atoms. The van der Waals surface area contributed by atoms with Gasteiger partial charge in [0.25, 0.3) is 5.91 Å². The summed E-state index contributed by atoms with van der Waals surface area (Å²) in [4.78, 5) is 37.6. The van der Waals surface area contributed by atoms with Crippen molar-refractivity contribution in [3.05, 3.63) is 71.4 Å². The molecule has 9 nitrogen and oxygen atoms in total. The van der Waals surface area contributed by atoms with Crippen LogP contribution in [0.2, 0.25) is 0 Å². The Morgan fingerprint density at radius 3 is 2.32 bits per heavy atom. The maximum Gasteiger partial charge on any atom is 0.412 e. The Morgan fingerprint density at radius 1 is 1.06 bits per heavy atom. The Bertz CT molecular complexity index is 1200. The van der Waals surface area contributed by atoms with Crippen molar-refractivity contribution in [3.8, 4) is 11.1 Å². The number of amides is 2. The van der Waals surface area contributed by atoms with E-state index >= 15 is 0 Å². The molecule has 2 amide bonds. The van der Waals surface area contributed by atoms with E-state index in [-0.39, 0.29) is 30.6 Å². The van der Waals surface area contributed by atoms with E-state index in [9.17, 15) is 14.4 Å². The Morgan fingerprint density at radius 2 is 1.71 bits per heavy atom. The summed E-state index contributed by atoms with van der Waals surface area (Å²) < 4.78 is 5.50. The fraction of sp³-hybridized carbons (Fsp3) is 0.280. The van der Waals surface area contributed by atoms with Crippen molar-refractivity contribution in [2.24, 2.45) is 5.92 Å². The largest absolute Gasteiger partial charge is 0.480 e. The number of carboxylic acids is 1. The van der Waals surface area contributed by atoms with Crippen LogP contribution in [0.3, 0.4) is 0 Å². The number of carbonyl (C=O) groups is 3. The second-order valence-corrected chi connectivity index (χ2v) is 8.64. The predicted molar refractivity (Wildman–Crippen MR) is 124 cm³/mol. The minimum absolute atomic E-state index is 0.0681. The number of rotatable bonds is 8. The molecule has 3 N–H and O–H groups in total. The molecule has 1 fully saturated rings. The molecule has 1 aromatic heterocycles. The van der Waals surface area contributed by atoms with E-state index in [0.29, 0.717) is 12.5 Å². The number of hydrogen-bond acceptors (Lipinski definition) is 5. The van der Waals surface area contributed by atoms with Crippen molar-refractivity contribution in [1.82, 2.24) is 15.1 Å². The summed E-state index contributed by atoms with van der Waals surface area (Å²) in [5.74, 6) is -1.15. The highest BCUT2D eigenvalue weighted by molar-refractivity contribution is 5.95. The van der Waals surface area contributed by atoms with E-state index in [1.54, 1.807) is 0 Å². The quantitative estimate of drug-likeness (QED) is 0.471. The van der Waals surface area contributed by atoms with Crippen LogP contribution in [0.4, 0.5) is 10.6 Å². The minimum Gasteiger partial charge on any atom is -0.480 e. The van der Waals surface area contributed by atoms with Gasteiger partial charge in [-0.25, -0.2) is 4.79 Å². The lowest BCUT2D eigenvalue weighted by Gasteiger charge is -2.19. The summed E-state index contributed by atoms with van der Waals surface area (Å²) in [6, 6.07) is 17.5. The highest BCUT2D eigenvalue weighted by Crippen LogP contribution is 2.44. The number of carboxylic acid groups (broad SMARTS) is 1. The Kier molecular flexibility index (Phi) is 5.75. The van der Waals surface area contributed by atoms with E-state index in [1.165, 1.54) is 11.0 Å². The third kappa shape index (κ3) is 4.50. The maximum absolute atomic E-state index is 12.7. The number of anilines is 1. The summed E-state index contributed by atoms with van der Waals surface area (Å²) in [5.41, 5.74) is 4.60. The SMILES string of the molecule is O=C(O)CN(CC1CC1)C(=O)c1cc(NC(=O)OCC2c3ccccc3-c3ccccc32)n[nH]1. The smallest absolute Gasteiger partial charge is 0.412 e. The molecule has 0 aliphatic heterocycles. The van der Waals surface area contributed by atoms with Gasteiger partial charge in [-0.05, 0) is 41.0 Å². The Balaban J connectivity index is 1.21. The number of aromatic nitrogens is 2. The van der Waals surface area contributed by atoms with Crippen molar-refractivity contribution in [2.45, 2.75) is 18.8 Å². The second-order valence-electron chi connectivity index (χ2n) is 8.64. The van der Waals surface area contributed by atoms with Crippen LogP contribution in [-0.2, 0) is 9.53 Å². The van der Waals surface area contributed by atoms with Gasteiger partial charge in [-0.15, -0.1) is 0 Å². The van der Waals surface area contributed by atoms with Gasteiger partial charge in [0.15, 0.2) is 5.82 Å². The van der Waals surface area contributed by atoms with Crippen LogP contribution < -0.4 is 5.32 Å². The zero-order chi connectivity index (χ0) is 23.7. The summed E-state index contributed by atoms with van der Waals surface area (Å²) in [6.45, 7) is 0.159. The fourth-order valence-electron chi connectivity index (χ4n) is 4.40. The molecule has 2 aliphatic rings. The van der Waals surface area contributed by atoms with Gasteiger partial charge in [0, 0.05) is 18.5 Å². The molecule has 2 aromatic carbocycles. The van der Waals surface area contributed by atoms with Crippen LogP contribution >= 0.6 is 0 Å². The Labute approximate surface area is 195 Å². The molecule has 1 heterocycles. The highest BCUT2D eigenvalue weighted by atomic mass is 16.5. The summed E-state index contributed by atoms with van der Waals surface area (Å²) in [5, 5.41) is 18.2. The molecule has 0 atom stereocenters. The Hall–Kier alpha value is -4.14. The molecule has 2 aliphatic carbocycles. The van der Waals surface area contributed by atoms with Gasteiger partial charge >= 0.3 is 12.1 Å². The summed E-state index contributed by atoms with van der Waals surface area (Å²) >= 11 is 0. The molecule has 0 spiro atoms. The van der Waals surface area contributed by atoms with Crippen LogP contribution in [0.1, 0.15) is 40.4 Å². The average Bonchev–Trinajstić information content (AvgIpc) is 3.43. The number of aliphatic carboxylic acids is 1. The van der Waals surface area contributed by atoms with Crippen LogP contribution in [-0.4, -0.2) is 57.9 Å². The van der Waals surface area contributed by atoms with Gasteiger partial charge in [0.1, 0.15) is 18.8 Å². The molecule has 3 aromatic rings. The number of H-pyrrole nitrogens is 1. The highest BCUT2D eigenvalue weighted by Gasteiger charge is 2.30. The molecular weight excluding hydrogens is 436 g/mol. The van der Waals surface area contributed by atoms with Crippen molar-refractivity contribution in [1.29, 1.82) is 0 Å². The summed E-state index contributed by atoms with van der Waals surface area (Å²) in [7, 11) is 0. The van der Waals surface area contributed by atoms with Crippen LogP contribution in [0, 0.1) is 5.92 Å². The molecule has 1 saturated carbocycles. The van der Waals surface area contributed by atoms with Crippen molar-refractivity contribution < 1.29 is 24.2 Å². The van der Waals surface area contributed by atoms with E-state index < -0.39 is 18.0 Å². The monoisotopic (exact) mass is 460 g/mol. The number of fused-ring (bicyclic) bond motifs is 3. The predicted octanol–water partition coefficient (Wildman–Crippen LogP) is 3.71. The number of nitrogens with one attached hydrogen (secondary N) is 2. The third-order valence-corrected chi connectivity index (χ3v) is 6.17. The van der Waals surface area contributed by atoms with Gasteiger partial charge in [0.05, 0.1) is 0 Å². The lowest BCUT2D eigenvalue weighted by Crippen LogP contribution is -2.37. The standard InChI is InChI=1S/C25H24N4O5/c30-23(31)13-29(12-15-9-10-15)24(32)21-11-22(28-27-21)26-25(33)34-14-20-18-7-3-1-5-16(18)17-6-2-4-8-19(17)20/h1-8,11,15,20H,9-10,12-14H2,(H,30,31)(H2,26,27,28,33). The first kappa shape index (κ1) is 21.7. The molecule has 0 radical (unpaired) electrons. The molecular formula is C25H24N4O5. The van der Waals surface area contributed by atoms with Crippen LogP contribution in [0.5, 0.6) is 0 Å². The summed E-state index contributed by atoms with van der Waals surface area (Å²) in [6.07, 6.45) is 1.29. The van der Waals surface area contributed by atoms with Crippen LogP contribution in [0.25, 0.3) is 11.1 Å². The zero-order valence-corrected chi connectivity index (χ0v) is 18.4. The molecule has 9 heteroatoms. The van der Waals surface area contributed by atoms with Gasteiger partial charge < -0.3 is 14.7 Å². The van der Waals surface area contributed by atoms with Crippen LogP contribution in [0.15, 0.2) is 54.6 Å². The molecule has 5 rings (SSSR count). The normalized spacial score (nSPS) is 14.2. The molecule has 0 saturated heterocycles. The van der Waals surface area contributed by atoms with E-state index in [4.69, 9.17) is 9.84 Å². The van der Waals surface area contributed by atoms with E-state index in [1.807, 2.05) is 36.4 Å². The number of nitrogens with zero attached hydrogens (tertiary/aromatic N) is 2. The number of benzene rings is 2. The zero-order valence-electron chi connectivity index (χ0n) is 18.4. The fourth-order valence-corrected chi connectivity index (χ4v) is 4.40. The van der Waals surface area contributed by atoms with Gasteiger partial charge in [-0.3, -0.25) is 20.0 Å². The van der Waals surface area contributed by atoms with Gasteiger partial charge in [-0.2, -0.15) is 5.10 Å². The van der Waals surface area contributed by atoms with Crippen molar-refractivity contribution in [3.63, 3.8) is 0 Å². The number of ether oxygens (including phenoxy) is 1. The second kappa shape index (κ2) is 9.01. The maximum atomic E-state index is 12.7. The van der Waals surface area contributed by atoms with E-state index in [0.717, 1.165) is 35.1 Å².